The summed E-state index contributed by atoms with van der Waals surface area (Å²) in [4.78, 5) is 23.3. The molecule has 0 aromatic heterocycles. The second-order valence-electron chi connectivity index (χ2n) is 6.17. The molecule has 0 aliphatic heterocycles. The summed E-state index contributed by atoms with van der Waals surface area (Å²) >= 11 is 5.75. The second kappa shape index (κ2) is 9.70. The number of phenols is 1. The third-order valence-corrected chi connectivity index (χ3v) is 5.01. The Bertz CT molecular complexity index is 998. The van der Waals surface area contributed by atoms with Gasteiger partial charge in [-0.1, -0.05) is 41.9 Å². The van der Waals surface area contributed by atoms with Gasteiger partial charge in [-0.25, -0.2) is 0 Å². The molecular weight excluding hydrogens is 422 g/mol. The van der Waals surface area contributed by atoms with Gasteiger partial charge >= 0.3 is 0 Å². The number of carbonyl (C=O) groups is 2. The van der Waals surface area contributed by atoms with Crippen molar-refractivity contribution in [3.63, 3.8) is 0 Å². The molecule has 2 aromatic carbocycles. The maximum atomic E-state index is 12.1. The van der Waals surface area contributed by atoms with Gasteiger partial charge in [-0.2, -0.15) is 8.42 Å². The van der Waals surface area contributed by atoms with Crippen LogP contribution in [0.5, 0.6) is 5.75 Å². The van der Waals surface area contributed by atoms with Gasteiger partial charge in [0, 0.05) is 18.0 Å². The number of nitrogens with two attached hydrogens (primary N) is 1. The lowest BCUT2D eigenvalue weighted by Crippen LogP contribution is -2.40. The molecule has 2 rings (SSSR count). The topological polar surface area (TPSA) is 159 Å². The number of amides is 2. The zero-order chi connectivity index (χ0) is 21.6. The summed E-state index contributed by atoms with van der Waals surface area (Å²) in [7, 11) is -4.74. The summed E-state index contributed by atoms with van der Waals surface area (Å²) in [5.41, 5.74) is 6.39. The van der Waals surface area contributed by atoms with Crippen molar-refractivity contribution >= 4 is 39.2 Å². The largest absolute Gasteiger partial charge is 0.504 e. The van der Waals surface area contributed by atoms with Crippen LogP contribution >= 0.6 is 11.6 Å². The highest BCUT2D eigenvalue weighted by Gasteiger charge is 2.21. The molecule has 29 heavy (non-hydrogen) atoms. The zero-order valence-corrected chi connectivity index (χ0v) is 16.7. The summed E-state index contributed by atoms with van der Waals surface area (Å²) in [6, 6.07) is 10.2. The van der Waals surface area contributed by atoms with Crippen molar-refractivity contribution in [2.24, 2.45) is 5.73 Å². The summed E-state index contributed by atoms with van der Waals surface area (Å²) in [5, 5.41) is 14.8. The molecule has 0 radical (unpaired) electrons. The van der Waals surface area contributed by atoms with Crippen molar-refractivity contribution in [1.29, 1.82) is 0 Å². The first kappa shape index (κ1) is 22.6. The van der Waals surface area contributed by atoms with E-state index in [0.29, 0.717) is 6.54 Å². The quantitative estimate of drug-likeness (QED) is 0.307. The van der Waals surface area contributed by atoms with Crippen LogP contribution in [0.4, 0.5) is 5.69 Å². The monoisotopic (exact) mass is 441 g/mol. The van der Waals surface area contributed by atoms with Gasteiger partial charge in [0.2, 0.25) is 11.8 Å². The Morgan fingerprint density at radius 2 is 1.83 bits per heavy atom. The molecule has 11 heteroatoms. The van der Waals surface area contributed by atoms with Crippen LogP contribution in [0.25, 0.3) is 0 Å². The summed E-state index contributed by atoms with van der Waals surface area (Å²) < 4.78 is 31.6. The van der Waals surface area contributed by atoms with Crippen molar-refractivity contribution in [1.82, 2.24) is 5.32 Å². The van der Waals surface area contributed by atoms with Gasteiger partial charge in [0.25, 0.3) is 10.1 Å². The van der Waals surface area contributed by atoms with E-state index in [4.69, 9.17) is 21.9 Å². The van der Waals surface area contributed by atoms with Gasteiger partial charge in [-0.3, -0.25) is 14.1 Å². The van der Waals surface area contributed by atoms with Gasteiger partial charge in [0.1, 0.15) is 4.90 Å². The Hall–Kier alpha value is -2.66. The maximum absolute atomic E-state index is 12.1. The van der Waals surface area contributed by atoms with Crippen molar-refractivity contribution < 1.29 is 27.7 Å². The Labute approximate surface area is 172 Å². The predicted molar refractivity (Wildman–Crippen MR) is 107 cm³/mol. The van der Waals surface area contributed by atoms with E-state index in [1.165, 1.54) is 0 Å². The molecule has 2 amide bonds. The number of halogens is 1. The molecule has 0 saturated heterocycles. The molecule has 0 aliphatic rings. The lowest BCUT2D eigenvalue weighted by atomic mass is 10.1. The Balaban J connectivity index is 1.91. The molecule has 0 fully saturated rings. The van der Waals surface area contributed by atoms with Crippen LogP contribution in [0.15, 0.2) is 47.4 Å². The molecule has 0 saturated carbocycles. The lowest BCUT2D eigenvalue weighted by Gasteiger charge is -2.13. The number of hydrogen-bond acceptors (Lipinski definition) is 6. The van der Waals surface area contributed by atoms with Gasteiger partial charge in [0.05, 0.1) is 11.7 Å². The average molecular weight is 442 g/mol. The highest BCUT2D eigenvalue weighted by Crippen LogP contribution is 2.34. The number of aromatic hydroxyl groups is 1. The first-order valence-electron chi connectivity index (χ1n) is 8.45. The molecular formula is C18H20ClN3O6S. The molecule has 6 N–H and O–H groups in total. The van der Waals surface area contributed by atoms with E-state index in [-0.39, 0.29) is 23.6 Å². The SMILES string of the molecule is NC(CCC(=O)Nc1cc(Cl)cc(S(=O)(=O)O)c1O)C(=O)NCc1ccccc1. The van der Waals surface area contributed by atoms with E-state index in [1.54, 1.807) is 0 Å². The van der Waals surface area contributed by atoms with Crippen LogP contribution in [-0.2, 0) is 26.3 Å². The summed E-state index contributed by atoms with van der Waals surface area (Å²) in [6.07, 6.45) is -0.161. The van der Waals surface area contributed by atoms with Crippen LogP contribution in [0.2, 0.25) is 5.02 Å². The van der Waals surface area contributed by atoms with Crippen LogP contribution < -0.4 is 16.4 Å². The fraction of sp³-hybridized carbons (Fsp3) is 0.222. The molecule has 0 aliphatic carbocycles. The smallest absolute Gasteiger partial charge is 0.298 e. The number of rotatable bonds is 8. The summed E-state index contributed by atoms with van der Waals surface area (Å²) in [5.74, 6) is -1.91. The molecule has 156 valence electrons. The van der Waals surface area contributed by atoms with Crippen molar-refractivity contribution in [2.75, 3.05) is 5.32 Å². The number of carbonyl (C=O) groups excluding carboxylic acids is 2. The van der Waals surface area contributed by atoms with Gasteiger partial charge in [-0.15, -0.1) is 0 Å². The predicted octanol–water partition coefficient (Wildman–Crippen LogP) is 1.65. The first-order valence-corrected chi connectivity index (χ1v) is 10.3. The van der Waals surface area contributed by atoms with Crippen LogP contribution in [0, 0.1) is 0 Å². The first-order chi connectivity index (χ1) is 13.6. The Kier molecular flexibility index (Phi) is 7.57. The highest BCUT2D eigenvalue weighted by molar-refractivity contribution is 7.86. The van der Waals surface area contributed by atoms with Gasteiger partial charge < -0.3 is 21.5 Å². The molecule has 0 spiro atoms. The van der Waals surface area contributed by atoms with E-state index < -0.39 is 38.6 Å². The highest BCUT2D eigenvalue weighted by atomic mass is 35.5. The minimum Gasteiger partial charge on any atom is -0.504 e. The maximum Gasteiger partial charge on any atom is 0.298 e. The number of hydrogen-bond donors (Lipinski definition) is 5. The number of phenolic OH excluding ortho intramolecular Hbond substituents is 1. The molecule has 1 atom stereocenters. The minimum absolute atomic E-state index is 0.0128. The fourth-order valence-corrected chi connectivity index (χ4v) is 3.33. The summed E-state index contributed by atoms with van der Waals surface area (Å²) in [6.45, 7) is 0.300. The van der Waals surface area contributed by atoms with Crippen LogP contribution in [0.1, 0.15) is 18.4 Å². The third kappa shape index (κ3) is 6.71. The van der Waals surface area contributed by atoms with Crippen LogP contribution in [0.3, 0.4) is 0 Å². The number of nitrogens with one attached hydrogen (secondary N) is 2. The van der Waals surface area contributed by atoms with E-state index in [2.05, 4.69) is 10.6 Å². The molecule has 0 heterocycles. The Morgan fingerprint density at radius 1 is 1.17 bits per heavy atom. The fourth-order valence-electron chi connectivity index (χ4n) is 2.41. The van der Waals surface area contributed by atoms with Crippen molar-refractivity contribution in [3.8, 4) is 5.75 Å². The molecule has 1 unspecified atom stereocenters. The number of anilines is 1. The average Bonchev–Trinajstić information content (AvgIpc) is 2.66. The lowest BCUT2D eigenvalue weighted by molar-refractivity contribution is -0.122. The van der Waals surface area contributed by atoms with E-state index in [0.717, 1.165) is 17.7 Å². The van der Waals surface area contributed by atoms with Crippen molar-refractivity contribution in [3.05, 3.63) is 53.1 Å². The van der Waals surface area contributed by atoms with E-state index in [1.807, 2.05) is 30.3 Å². The van der Waals surface area contributed by atoms with Crippen molar-refractivity contribution in [2.45, 2.75) is 30.3 Å². The molecule has 0 bridgehead atoms. The molecule has 9 nitrogen and oxygen atoms in total. The normalized spacial score (nSPS) is 12.2. The minimum atomic E-state index is -4.74. The van der Waals surface area contributed by atoms with E-state index >= 15 is 0 Å². The van der Waals surface area contributed by atoms with Gasteiger partial charge in [0.15, 0.2) is 5.75 Å². The van der Waals surface area contributed by atoms with E-state index in [9.17, 15) is 23.1 Å². The second-order valence-corrected chi connectivity index (χ2v) is 8.00. The molecule has 2 aromatic rings. The Morgan fingerprint density at radius 3 is 2.45 bits per heavy atom. The van der Waals surface area contributed by atoms with Crippen LogP contribution in [-0.4, -0.2) is 35.9 Å². The van der Waals surface area contributed by atoms with Gasteiger partial charge in [-0.05, 0) is 24.1 Å². The standard InChI is InChI=1S/C18H20ClN3O6S/c19-12-8-14(17(24)15(9-12)29(26,27)28)22-16(23)7-6-13(20)18(25)21-10-11-4-2-1-3-5-11/h1-5,8-9,13,24H,6-7,10,20H2,(H,21,25)(H,22,23)(H,26,27,28). The number of benzene rings is 2. The third-order valence-electron chi connectivity index (χ3n) is 3.92. The zero-order valence-electron chi connectivity index (χ0n) is 15.1.